The van der Waals surface area contributed by atoms with Gasteiger partial charge in [0.2, 0.25) is 0 Å². The molecule has 1 aliphatic rings. The smallest absolute Gasteiger partial charge is 0.159 e. The number of anilines is 1. The molecule has 4 rings (SSSR count). The van der Waals surface area contributed by atoms with Crippen molar-refractivity contribution in [3.63, 3.8) is 0 Å². The predicted octanol–water partition coefficient (Wildman–Crippen LogP) is 2.99. The van der Waals surface area contributed by atoms with Gasteiger partial charge in [0.25, 0.3) is 0 Å². The standard InChI is InChI=1S/C20H21N5/c1-14-6-8-22-10-16(14)12-25-9-7-19-17(13-25)11-23-20(24-19)15-2-4-18(21)5-3-15/h2-6,8,10-11H,7,9,12-13,21H2,1H3. The minimum atomic E-state index is 0.753. The van der Waals surface area contributed by atoms with E-state index in [4.69, 9.17) is 10.7 Å². The van der Waals surface area contributed by atoms with Crippen LogP contribution in [0.4, 0.5) is 5.69 Å². The first-order valence-electron chi connectivity index (χ1n) is 8.51. The van der Waals surface area contributed by atoms with Crippen molar-refractivity contribution in [1.82, 2.24) is 19.9 Å². The Hall–Kier alpha value is -2.79. The molecule has 25 heavy (non-hydrogen) atoms. The van der Waals surface area contributed by atoms with Gasteiger partial charge in [0, 0.05) is 61.5 Å². The molecular formula is C20H21N5. The Bertz CT molecular complexity index is 889. The number of nitrogens with two attached hydrogens (primary N) is 1. The highest BCUT2D eigenvalue weighted by Crippen LogP contribution is 2.23. The van der Waals surface area contributed by atoms with Gasteiger partial charge in [-0.15, -0.1) is 0 Å². The lowest BCUT2D eigenvalue weighted by Crippen LogP contribution is -2.31. The SMILES string of the molecule is Cc1ccncc1CN1CCc2nc(-c3ccc(N)cc3)ncc2C1. The van der Waals surface area contributed by atoms with Crippen molar-refractivity contribution in [3.8, 4) is 11.4 Å². The molecule has 5 nitrogen and oxygen atoms in total. The number of fused-ring (bicyclic) bond motifs is 1. The van der Waals surface area contributed by atoms with Crippen molar-refractivity contribution in [2.75, 3.05) is 12.3 Å². The number of benzene rings is 1. The van der Waals surface area contributed by atoms with E-state index in [2.05, 4.69) is 27.9 Å². The molecule has 2 N–H and O–H groups in total. The minimum absolute atomic E-state index is 0.753. The Morgan fingerprint density at radius 2 is 1.96 bits per heavy atom. The van der Waals surface area contributed by atoms with E-state index in [1.807, 2.05) is 42.9 Å². The van der Waals surface area contributed by atoms with Crippen LogP contribution in [0.2, 0.25) is 0 Å². The number of hydrogen-bond donors (Lipinski definition) is 1. The van der Waals surface area contributed by atoms with Crippen molar-refractivity contribution >= 4 is 5.69 Å². The fourth-order valence-electron chi connectivity index (χ4n) is 3.18. The van der Waals surface area contributed by atoms with E-state index >= 15 is 0 Å². The molecule has 3 aromatic rings. The zero-order valence-corrected chi connectivity index (χ0v) is 14.3. The topological polar surface area (TPSA) is 67.9 Å². The van der Waals surface area contributed by atoms with E-state index in [-0.39, 0.29) is 0 Å². The third-order valence-corrected chi connectivity index (χ3v) is 4.72. The molecule has 126 valence electrons. The fraction of sp³-hybridized carbons (Fsp3) is 0.250. The summed E-state index contributed by atoms with van der Waals surface area (Å²) in [5, 5.41) is 0. The van der Waals surface area contributed by atoms with E-state index in [1.54, 1.807) is 0 Å². The average molecular weight is 331 g/mol. The zero-order chi connectivity index (χ0) is 17.2. The number of pyridine rings is 1. The van der Waals surface area contributed by atoms with E-state index in [1.165, 1.54) is 16.7 Å². The molecule has 0 unspecified atom stereocenters. The molecule has 0 aliphatic carbocycles. The first-order chi connectivity index (χ1) is 12.2. The summed E-state index contributed by atoms with van der Waals surface area (Å²) >= 11 is 0. The second-order valence-electron chi connectivity index (χ2n) is 6.55. The molecule has 1 aromatic carbocycles. The lowest BCUT2D eigenvalue weighted by molar-refractivity contribution is 0.242. The van der Waals surface area contributed by atoms with Gasteiger partial charge in [-0.05, 0) is 48.4 Å². The number of rotatable bonds is 3. The molecule has 0 radical (unpaired) electrons. The molecule has 0 bridgehead atoms. The van der Waals surface area contributed by atoms with Crippen molar-refractivity contribution < 1.29 is 0 Å². The number of hydrogen-bond acceptors (Lipinski definition) is 5. The monoisotopic (exact) mass is 331 g/mol. The van der Waals surface area contributed by atoms with Gasteiger partial charge in [0.05, 0.1) is 5.69 Å². The second kappa shape index (κ2) is 6.61. The summed E-state index contributed by atoms with van der Waals surface area (Å²) in [5.74, 6) is 0.773. The largest absolute Gasteiger partial charge is 0.399 e. The molecule has 3 heterocycles. The molecule has 0 saturated carbocycles. The maximum absolute atomic E-state index is 5.75. The molecular weight excluding hydrogens is 310 g/mol. The van der Waals surface area contributed by atoms with Gasteiger partial charge < -0.3 is 5.73 Å². The normalized spacial score (nSPS) is 14.3. The minimum Gasteiger partial charge on any atom is -0.399 e. The maximum Gasteiger partial charge on any atom is 0.159 e. The van der Waals surface area contributed by atoms with Crippen LogP contribution < -0.4 is 5.73 Å². The van der Waals surface area contributed by atoms with E-state index in [9.17, 15) is 0 Å². The van der Waals surface area contributed by atoms with Gasteiger partial charge >= 0.3 is 0 Å². The van der Waals surface area contributed by atoms with Gasteiger partial charge in [0.1, 0.15) is 0 Å². The molecule has 1 aliphatic heterocycles. The summed E-state index contributed by atoms with van der Waals surface area (Å²) in [6.45, 7) is 4.93. The highest BCUT2D eigenvalue weighted by Gasteiger charge is 2.19. The molecule has 0 saturated heterocycles. The molecule has 2 aromatic heterocycles. The van der Waals surface area contributed by atoms with Crippen LogP contribution in [0, 0.1) is 6.92 Å². The van der Waals surface area contributed by atoms with E-state index < -0.39 is 0 Å². The van der Waals surface area contributed by atoms with Crippen LogP contribution in [0.1, 0.15) is 22.4 Å². The maximum atomic E-state index is 5.75. The zero-order valence-electron chi connectivity index (χ0n) is 14.3. The highest BCUT2D eigenvalue weighted by molar-refractivity contribution is 5.58. The van der Waals surface area contributed by atoms with Gasteiger partial charge in [0.15, 0.2) is 5.82 Å². The van der Waals surface area contributed by atoms with E-state index in [0.29, 0.717) is 0 Å². The fourth-order valence-corrected chi connectivity index (χ4v) is 3.18. The highest BCUT2D eigenvalue weighted by atomic mass is 15.1. The quantitative estimate of drug-likeness (QED) is 0.747. The first-order valence-corrected chi connectivity index (χ1v) is 8.51. The molecule has 0 amide bonds. The van der Waals surface area contributed by atoms with Gasteiger partial charge in [-0.3, -0.25) is 9.88 Å². The Labute approximate surface area is 147 Å². The third-order valence-electron chi connectivity index (χ3n) is 4.72. The second-order valence-corrected chi connectivity index (χ2v) is 6.55. The van der Waals surface area contributed by atoms with Gasteiger partial charge in [-0.2, -0.15) is 0 Å². The molecule has 0 spiro atoms. The number of nitrogens with zero attached hydrogens (tertiary/aromatic N) is 4. The summed E-state index contributed by atoms with van der Waals surface area (Å²) < 4.78 is 0. The summed E-state index contributed by atoms with van der Waals surface area (Å²) in [7, 11) is 0. The molecule has 0 fully saturated rings. The van der Waals surface area contributed by atoms with E-state index in [0.717, 1.165) is 48.8 Å². The van der Waals surface area contributed by atoms with Crippen LogP contribution in [0.3, 0.4) is 0 Å². The lowest BCUT2D eigenvalue weighted by Gasteiger charge is -2.28. The third kappa shape index (κ3) is 3.37. The Kier molecular flexibility index (Phi) is 4.15. The van der Waals surface area contributed by atoms with Crippen molar-refractivity contribution in [1.29, 1.82) is 0 Å². The van der Waals surface area contributed by atoms with Crippen LogP contribution in [-0.4, -0.2) is 26.4 Å². The Morgan fingerprint density at radius 3 is 2.76 bits per heavy atom. The molecule has 0 atom stereocenters. The van der Waals surface area contributed by atoms with Gasteiger partial charge in [-0.1, -0.05) is 0 Å². The van der Waals surface area contributed by atoms with Crippen molar-refractivity contribution in [2.45, 2.75) is 26.4 Å². The van der Waals surface area contributed by atoms with Crippen LogP contribution in [0.25, 0.3) is 11.4 Å². The summed E-state index contributed by atoms with van der Waals surface area (Å²) in [4.78, 5) is 16.0. The average Bonchev–Trinajstić information content (AvgIpc) is 2.64. The van der Waals surface area contributed by atoms with Crippen LogP contribution >= 0.6 is 0 Å². The Balaban J connectivity index is 1.52. The predicted molar refractivity (Wildman–Crippen MR) is 98.7 cm³/mol. The van der Waals surface area contributed by atoms with Gasteiger partial charge in [-0.25, -0.2) is 9.97 Å². The van der Waals surface area contributed by atoms with Crippen LogP contribution in [0.5, 0.6) is 0 Å². The number of nitrogen functional groups attached to an aromatic ring is 1. The lowest BCUT2D eigenvalue weighted by atomic mass is 10.0. The summed E-state index contributed by atoms with van der Waals surface area (Å²) in [5.41, 5.74) is 12.5. The Morgan fingerprint density at radius 1 is 1.12 bits per heavy atom. The van der Waals surface area contributed by atoms with Crippen molar-refractivity contribution in [3.05, 3.63) is 71.3 Å². The van der Waals surface area contributed by atoms with Crippen LogP contribution in [0.15, 0.2) is 48.9 Å². The number of aryl methyl sites for hydroxylation is 1. The van der Waals surface area contributed by atoms with Crippen LogP contribution in [-0.2, 0) is 19.5 Å². The van der Waals surface area contributed by atoms with Crippen molar-refractivity contribution in [2.24, 2.45) is 0 Å². The first kappa shape index (κ1) is 15.7. The summed E-state index contributed by atoms with van der Waals surface area (Å²) in [6.07, 6.45) is 6.72. The summed E-state index contributed by atoms with van der Waals surface area (Å²) in [6, 6.07) is 9.77. The molecule has 5 heteroatoms. The number of aromatic nitrogens is 3.